The molecule has 170 valence electrons. The maximum atomic E-state index is 12.8. The summed E-state index contributed by atoms with van der Waals surface area (Å²) in [5.74, 6) is -0.443. The number of ether oxygens (including phenoxy) is 1. The quantitative estimate of drug-likeness (QED) is 0.329. The predicted octanol–water partition coefficient (Wildman–Crippen LogP) is 4.15. The van der Waals surface area contributed by atoms with Crippen LogP contribution in [0.25, 0.3) is 16.8 Å². The van der Waals surface area contributed by atoms with Crippen LogP contribution >= 0.6 is 0 Å². The third-order valence-electron chi connectivity index (χ3n) is 6.17. The van der Waals surface area contributed by atoms with Gasteiger partial charge in [-0.15, -0.1) is 0 Å². The van der Waals surface area contributed by atoms with Crippen LogP contribution in [-0.4, -0.2) is 40.6 Å². The van der Waals surface area contributed by atoms with Gasteiger partial charge in [0.15, 0.2) is 5.78 Å². The third kappa shape index (κ3) is 3.85. The molecule has 0 atom stereocenters. The largest absolute Gasteiger partial charge is 0.497 e. The van der Waals surface area contributed by atoms with Crippen molar-refractivity contribution in [2.45, 2.75) is 25.8 Å². The zero-order valence-electron chi connectivity index (χ0n) is 18.6. The van der Waals surface area contributed by atoms with E-state index in [0.29, 0.717) is 23.1 Å². The van der Waals surface area contributed by atoms with Gasteiger partial charge in [0.25, 0.3) is 5.91 Å². The fraction of sp³-hybridized carbons (Fsp3) is 0.185. The second-order valence-corrected chi connectivity index (χ2v) is 8.36. The fourth-order valence-corrected chi connectivity index (χ4v) is 4.37. The van der Waals surface area contributed by atoms with Crippen molar-refractivity contribution in [2.75, 3.05) is 7.11 Å². The number of piperidine rings is 1. The van der Waals surface area contributed by atoms with Crippen molar-refractivity contribution in [1.29, 1.82) is 0 Å². The van der Waals surface area contributed by atoms with Crippen LogP contribution in [0.3, 0.4) is 0 Å². The van der Waals surface area contributed by atoms with Crippen LogP contribution in [0.2, 0.25) is 0 Å². The van der Waals surface area contributed by atoms with Crippen LogP contribution in [-0.2, 0) is 16.1 Å². The molecule has 3 aromatic rings. The molecule has 0 N–H and O–H groups in total. The zero-order valence-corrected chi connectivity index (χ0v) is 18.6. The predicted molar refractivity (Wildman–Crippen MR) is 126 cm³/mol. The minimum absolute atomic E-state index is 0.138. The van der Waals surface area contributed by atoms with Crippen molar-refractivity contribution < 1.29 is 23.9 Å². The Morgan fingerprint density at radius 2 is 1.65 bits per heavy atom. The lowest BCUT2D eigenvalue weighted by molar-refractivity contribution is -0.163. The van der Waals surface area contributed by atoms with E-state index < -0.39 is 0 Å². The third-order valence-corrected chi connectivity index (χ3v) is 6.17. The molecule has 0 aliphatic carbocycles. The Balaban J connectivity index is 1.34. The summed E-state index contributed by atoms with van der Waals surface area (Å²) in [6, 6.07) is 16.4. The van der Waals surface area contributed by atoms with E-state index in [9.17, 15) is 19.2 Å². The number of methoxy groups -OCH3 is 1. The molecule has 0 radical (unpaired) electrons. The molecule has 3 aromatic carbocycles. The molecule has 2 heterocycles. The number of allylic oxidation sites excluding steroid dienone is 1. The maximum absolute atomic E-state index is 12.8. The number of amides is 3. The summed E-state index contributed by atoms with van der Waals surface area (Å²) in [6.07, 6.45) is 4.22. The molecule has 7 heteroatoms. The molecule has 7 nitrogen and oxygen atoms in total. The summed E-state index contributed by atoms with van der Waals surface area (Å²) < 4.78 is 5.24. The summed E-state index contributed by atoms with van der Waals surface area (Å²) in [4.78, 5) is 50.0. The molecule has 34 heavy (non-hydrogen) atoms. The maximum Gasteiger partial charge on any atom is 0.273 e. The summed E-state index contributed by atoms with van der Waals surface area (Å²) in [7, 11) is 1.61. The Labute approximate surface area is 196 Å². The highest BCUT2D eigenvalue weighted by atomic mass is 16.5. The molecule has 0 spiro atoms. The minimum atomic E-state index is -0.363. The molecule has 0 aromatic heterocycles. The van der Waals surface area contributed by atoms with Crippen molar-refractivity contribution in [1.82, 2.24) is 10.0 Å². The van der Waals surface area contributed by atoms with Gasteiger partial charge in [-0.1, -0.05) is 30.3 Å². The van der Waals surface area contributed by atoms with E-state index in [1.807, 2.05) is 36.4 Å². The molecule has 1 fully saturated rings. The number of imide groups is 1. The van der Waals surface area contributed by atoms with Gasteiger partial charge in [-0.3, -0.25) is 19.2 Å². The first-order valence-corrected chi connectivity index (χ1v) is 11.1. The van der Waals surface area contributed by atoms with E-state index in [1.165, 1.54) is 11.1 Å². The second-order valence-electron chi connectivity index (χ2n) is 8.36. The lowest BCUT2D eigenvalue weighted by Gasteiger charge is -2.32. The first-order chi connectivity index (χ1) is 16.4. The molecular formula is C27H22N2O5. The lowest BCUT2D eigenvalue weighted by Crippen LogP contribution is -2.51. The summed E-state index contributed by atoms with van der Waals surface area (Å²) in [6.45, 7) is 0.148. The van der Waals surface area contributed by atoms with Crippen LogP contribution in [0, 0.1) is 0 Å². The highest BCUT2D eigenvalue weighted by molar-refractivity contribution is 6.09. The molecule has 3 amide bonds. The highest BCUT2D eigenvalue weighted by Crippen LogP contribution is 2.28. The Bertz CT molecular complexity index is 1380. The first-order valence-electron chi connectivity index (χ1n) is 11.1. The Morgan fingerprint density at radius 3 is 2.41 bits per heavy atom. The first kappa shape index (κ1) is 21.6. The van der Waals surface area contributed by atoms with Crippen molar-refractivity contribution in [3.05, 3.63) is 82.9 Å². The second kappa shape index (κ2) is 8.59. The molecule has 2 aliphatic rings. The van der Waals surface area contributed by atoms with Gasteiger partial charge in [0.1, 0.15) is 5.75 Å². The molecule has 2 aliphatic heterocycles. The summed E-state index contributed by atoms with van der Waals surface area (Å²) in [5, 5.41) is 4.13. The minimum Gasteiger partial charge on any atom is -0.497 e. The Kier molecular flexibility index (Phi) is 5.45. The monoisotopic (exact) mass is 454 g/mol. The highest BCUT2D eigenvalue weighted by Gasteiger charge is 2.39. The topological polar surface area (TPSA) is 84.0 Å². The standard InChI is InChI=1S/C27H22N2O5/c1-34-22-10-9-18-14-20(8-7-19(18)15-22)24(30)12-6-17-5-11-23-21(13-17)16-28(27(23)33)29-25(31)3-2-4-26(29)32/h5-15H,2-4,16H2,1H3/b12-6+. The van der Waals surface area contributed by atoms with Crippen molar-refractivity contribution >= 4 is 40.4 Å². The van der Waals surface area contributed by atoms with Crippen LogP contribution < -0.4 is 4.74 Å². The molecule has 0 saturated carbocycles. The van der Waals surface area contributed by atoms with E-state index in [2.05, 4.69) is 0 Å². The Morgan fingerprint density at radius 1 is 0.912 bits per heavy atom. The van der Waals surface area contributed by atoms with Gasteiger partial charge in [-0.25, -0.2) is 5.01 Å². The van der Waals surface area contributed by atoms with Crippen LogP contribution in [0.5, 0.6) is 5.75 Å². The molecule has 0 unspecified atom stereocenters. The molecule has 0 bridgehead atoms. The number of carbonyl (C=O) groups is 4. The SMILES string of the molecule is COc1ccc2cc(C(=O)/C=C/c3ccc4c(c3)CN(N3C(=O)CCCC3=O)C4=O)ccc2c1. The number of hydrogen-bond acceptors (Lipinski definition) is 5. The normalized spacial score (nSPS) is 16.0. The van der Waals surface area contributed by atoms with E-state index in [-0.39, 0.29) is 42.9 Å². The van der Waals surface area contributed by atoms with Crippen LogP contribution in [0.4, 0.5) is 0 Å². The van der Waals surface area contributed by atoms with Gasteiger partial charge in [-0.05, 0) is 64.7 Å². The van der Waals surface area contributed by atoms with Crippen molar-refractivity contribution in [3.63, 3.8) is 0 Å². The Hall–Kier alpha value is -4.26. The van der Waals surface area contributed by atoms with Gasteiger partial charge in [-0.2, -0.15) is 5.01 Å². The van der Waals surface area contributed by atoms with Crippen LogP contribution in [0.15, 0.2) is 60.7 Å². The average Bonchev–Trinajstić information content (AvgIpc) is 3.17. The zero-order chi connectivity index (χ0) is 23.8. The van der Waals surface area contributed by atoms with Gasteiger partial charge < -0.3 is 4.74 Å². The van der Waals surface area contributed by atoms with E-state index >= 15 is 0 Å². The van der Waals surface area contributed by atoms with Gasteiger partial charge in [0.2, 0.25) is 11.8 Å². The van der Waals surface area contributed by atoms with E-state index in [0.717, 1.165) is 27.1 Å². The fourth-order valence-electron chi connectivity index (χ4n) is 4.37. The number of hydrogen-bond donors (Lipinski definition) is 0. The number of hydrazine groups is 1. The molecular weight excluding hydrogens is 432 g/mol. The average molecular weight is 454 g/mol. The summed E-state index contributed by atoms with van der Waals surface area (Å²) in [5.41, 5.74) is 2.49. The summed E-state index contributed by atoms with van der Waals surface area (Å²) >= 11 is 0. The van der Waals surface area contributed by atoms with Crippen molar-refractivity contribution in [3.8, 4) is 5.75 Å². The number of nitrogens with zero attached hydrogens (tertiary/aromatic N) is 2. The van der Waals surface area contributed by atoms with Gasteiger partial charge >= 0.3 is 0 Å². The van der Waals surface area contributed by atoms with Crippen LogP contribution in [0.1, 0.15) is 51.1 Å². The number of fused-ring (bicyclic) bond motifs is 2. The molecule has 5 rings (SSSR count). The smallest absolute Gasteiger partial charge is 0.273 e. The lowest BCUT2D eigenvalue weighted by atomic mass is 10.0. The number of ketones is 1. The number of rotatable bonds is 5. The number of benzene rings is 3. The van der Waals surface area contributed by atoms with E-state index in [1.54, 1.807) is 31.4 Å². The number of carbonyl (C=O) groups excluding carboxylic acids is 4. The van der Waals surface area contributed by atoms with E-state index in [4.69, 9.17) is 4.74 Å². The van der Waals surface area contributed by atoms with Gasteiger partial charge in [0.05, 0.1) is 13.7 Å². The van der Waals surface area contributed by atoms with Crippen molar-refractivity contribution in [2.24, 2.45) is 0 Å². The molecule has 1 saturated heterocycles. The van der Waals surface area contributed by atoms with Gasteiger partial charge in [0, 0.05) is 24.0 Å².